The second-order valence-corrected chi connectivity index (χ2v) is 10.0. The lowest BCUT2D eigenvalue weighted by Crippen LogP contribution is -2.15. The van der Waals surface area contributed by atoms with E-state index in [9.17, 15) is 14.7 Å². The summed E-state index contributed by atoms with van der Waals surface area (Å²) in [6.07, 6.45) is 18.2. The summed E-state index contributed by atoms with van der Waals surface area (Å²) in [5, 5.41) is 10.1. The predicted molar refractivity (Wildman–Crippen MR) is 160 cm³/mol. The molecule has 0 aliphatic heterocycles. The summed E-state index contributed by atoms with van der Waals surface area (Å²) in [7, 11) is 0. The molecule has 39 heavy (non-hydrogen) atoms. The molecule has 206 valence electrons. The molecule has 0 amide bonds. The van der Waals surface area contributed by atoms with Gasteiger partial charge in [0.25, 0.3) is 5.91 Å². The molecule has 1 N–H and O–H groups in total. The molecule has 0 bridgehead atoms. The van der Waals surface area contributed by atoms with Crippen molar-refractivity contribution in [3.63, 3.8) is 0 Å². The third-order valence-electron chi connectivity index (χ3n) is 7.06. The summed E-state index contributed by atoms with van der Waals surface area (Å²) in [6, 6.07) is 7.39. The van der Waals surface area contributed by atoms with E-state index >= 15 is 0 Å². The average molecular weight is 528 g/mol. The Balaban J connectivity index is 1.62. The van der Waals surface area contributed by atoms with Crippen LogP contribution in [0.5, 0.6) is 0 Å². The van der Waals surface area contributed by atoms with Crippen LogP contribution in [0, 0.1) is 6.92 Å². The number of carbonyl (C=O) groups excluding carboxylic acids is 1. The molecule has 0 radical (unpaired) electrons. The lowest BCUT2D eigenvalue weighted by molar-refractivity contribution is -0.136. The Morgan fingerprint density at radius 2 is 2.05 bits per heavy atom. The number of aliphatic carboxylic acids is 1. The van der Waals surface area contributed by atoms with Crippen LogP contribution in [0.2, 0.25) is 0 Å². The van der Waals surface area contributed by atoms with Crippen molar-refractivity contribution in [1.29, 1.82) is 0 Å². The van der Waals surface area contributed by atoms with Crippen molar-refractivity contribution in [2.75, 3.05) is 6.61 Å². The number of carbonyl (C=O) groups is 2. The van der Waals surface area contributed by atoms with Gasteiger partial charge in [-0.05, 0) is 81.7 Å². The van der Waals surface area contributed by atoms with Crippen LogP contribution < -0.4 is 0 Å². The van der Waals surface area contributed by atoms with Crippen molar-refractivity contribution in [3.8, 4) is 0 Å². The average Bonchev–Trinajstić information content (AvgIpc) is 3.07. The number of aryl methyl sites for hydroxylation is 1. The summed E-state index contributed by atoms with van der Waals surface area (Å²) in [5.74, 6) is -0.964. The van der Waals surface area contributed by atoms with E-state index in [2.05, 4.69) is 44.7 Å². The second kappa shape index (κ2) is 14.5. The van der Waals surface area contributed by atoms with Gasteiger partial charge in [-0.25, -0.2) is 0 Å². The lowest BCUT2D eigenvalue weighted by atomic mass is 10.0. The Bertz CT molecular complexity index is 1360. The maximum atomic E-state index is 13.5. The molecule has 0 saturated heterocycles. The van der Waals surface area contributed by atoms with E-state index in [1.807, 2.05) is 50.3 Å². The Morgan fingerprint density at radius 3 is 2.77 bits per heavy atom. The first kappa shape index (κ1) is 29.9. The van der Waals surface area contributed by atoms with Crippen LogP contribution in [-0.2, 0) is 16.0 Å². The normalized spacial score (nSPS) is 16.5. The van der Waals surface area contributed by atoms with Crippen molar-refractivity contribution in [1.82, 2.24) is 4.57 Å². The van der Waals surface area contributed by atoms with Crippen LogP contribution >= 0.6 is 0 Å². The van der Waals surface area contributed by atoms with Gasteiger partial charge in [-0.15, -0.1) is 0 Å². The van der Waals surface area contributed by atoms with Crippen LogP contribution in [-0.4, -0.2) is 34.3 Å². The first-order valence-corrected chi connectivity index (χ1v) is 13.7. The molecule has 2 aromatic rings. The molecule has 1 aromatic carbocycles. The van der Waals surface area contributed by atoms with E-state index in [1.165, 1.54) is 11.1 Å². The highest BCUT2D eigenvalue weighted by Gasteiger charge is 2.20. The van der Waals surface area contributed by atoms with E-state index in [-0.39, 0.29) is 18.4 Å². The number of carboxylic acids is 1. The van der Waals surface area contributed by atoms with E-state index < -0.39 is 5.97 Å². The number of hydrogen-bond acceptors (Lipinski definition) is 3. The zero-order valence-electron chi connectivity index (χ0n) is 23.7. The number of ether oxygens (including phenoxy) is 1. The summed E-state index contributed by atoms with van der Waals surface area (Å²) >= 11 is 0. The molecule has 3 rings (SSSR count). The van der Waals surface area contributed by atoms with Gasteiger partial charge >= 0.3 is 5.97 Å². The molecule has 5 nitrogen and oxygen atoms in total. The number of allylic oxidation sites excluding steroid dienone is 8. The molecule has 1 aliphatic carbocycles. The van der Waals surface area contributed by atoms with Gasteiger partial charge in [0, 0.05) is 16.7 Å². The maximum Gasteiger partial charge on any atom is 0.307 e. The van der Waals surface area contributed by atoms with Gasteiger partial charge in [0.2, 0.25) is 0 Å². The zero-order chi connectivity index (χ0) is 28.4. The topological polar surface area (TPSA) is 68.5 Å². The third-order valence-corrected chi connectivity index (χ3v) is 7.06. The summed E-state index contributed by atoms with van der Waals surface area (Å²) in [4.78, 5) is 24.8. The first-order chi connectivity index (χ1) is 18.7. The largest absolute Gasteiger partial charge is 0.481 e. The standard InChI is InChI=1S/C34H41NO4/c1-6-8-11-25(4)27(7-2)17-16-24(3)20-21-39-30-14-9-12-28(18-19-30)34(38)35-26(5)22-31-29(23-33(36)37)13-10-15-32(31)35/h6,8-10,13-18,22,30H,4,7,11-12,19-21,23H2,1-3,5H3,(H,36,37)/b8-6-,24-16+,27-17-. The second-order valence-electron chi connectivity index (χ2n) is 10.0. The highest BCUT2D eigenvalue weighted by Crippen LogP contribution is 2.26. The zero-order valence-corrected chi connectivity index (χ0v) is 23.7. The fraction of sp³-hybridized carbons (Fsp3) is 0.353. The molecule has 0 saturated carbocycles. The number of aromatic nitrogens is 1. The highest BCUT2D eigenvalue weighted by atomic mass is 16.5. The number of benzene rings is 1. The molecule has 5 heteroatoms. The number of fused-ring (bicyclic) bond motifs is 1. The summed E-state index contributed by atoms with van der Waals surface area (Å²) in [5.41, 5.74) is 6.64. The molecule has 1 aliphatic rings. The van der Waals surface area contributed by atoms with Crippen LogP contribution in [0.4, 0.5) is 0 Å². The van der Waals surface area contributed by atoms with E-state index in [0.717, 1.165) is 41.4 Å². The lowest BCUT2D eigenvalue weighted by Gasteiger charge is -2.12. The van der Waals surface area contributed by atoms with Gasteiger partial charge in [0.05, 0.1) is 24.6 Å². The minimum atomic E-state index is -0.888. The Morgan fingerprint density at radius 1 is 1.26 bits per heavy atom. The molecule has 1 heterocycles. The van der Waals surface area contributed by atoms with Gasteiger partial charge in [-0.2, -0.15) is 0 Å². The van der Waals surface area contributed by atoms with Crippen molar-refractivity contribution in [2.24, 2.45) is 0 Å². The molecule has 0 fully saturated rings. The number of rotatable bonds is 12. The van der Waals surface area contributed by atoms with E-state index in [4.69, 9.17) is 4.74 Å². The van der Waals surface area contributed by atoms with Crippen LogP contribution in [0.3, 0.4) is 0 Å². The number of carboxylic acid groups (broad SMARTS) is 1. The van der Waals surface area contributed by atoms with E-state index in [0.29, 0.717) is 30.6 Å². The van der Waals surface area contributed by atoms with Gasteiger partial charge in [-0.3, -0.25) is 14.2 Å². The molecular weight excluding hydrogens is 486 g/mol. The van der Waals surface area contributed by atoms with Gasteiger partial charge in [0.15, 0.2) is 0 Å². The summed E-state index contributed by atoms with van der Waals surface area (Å²) < 4.78 is 7.83. The van der Waals surface area contributed by atoms with Crippen LogP contribution in [0.25, 0.3) is 10.9 Å². The molecule has 0 spiro atoms. The monoisotopic (exact) mass is 527 g/mol. The Hall–Kier alpha value is -3.70. The van der Waals surface area contributed by atoms with Crippen molar-refractivity contribution in [2.45, 2.75) is 72.3 Å². The van der Waals surface area contributed by atoms with Crippen molar-refractivity contribution < 1.29 is 19.4 Å². The molecule has 1 unspecified atom stereocenters. The fourth-order valence-corrected chi connectivity index (χ4v) is 4.79. The van der Waals surface area contributed by atoms with E-state index in [1.54, 1.807) is 10.6 Å². The Labute approximate surface area is 232 Å². The summed E-state index contributed by atoms with van der Waals surface area (Å²) in [6.45, 7) is 13.0. The van der Waals surface area contributed by atoms with Crippen LogP contribution in [0.1, 0.15) is 68.9 Å². The minimum Gasteiger partial charge on any atom is -0.481 e. The highest BCUT2D eigenvalue weighted by molar-refractivity contribution is 6.03. The molecular formula is C34H41NO4. The predicted octanol–water partition coefficient (Wildman–Crippen LogP) is 8.07. The first-order valence-electron chi connectivity index (χ1n) is 13.7. The fourth-order valence-electron chi connectivity index (χ4n) is 4.79. The maximum absolute atomic E-state index is 13.5. The quantitative estimate of drug-likeness (QED) is 0.224. The minimum absolute atomic E-state index is 0.0734. The Kier molecular flexibility index (Phi) is 11.1. The number of hydrogen-bond donors (Lipinski definition) is 1. The van der Waals surface area contributed by atoms with Crippen molar-refractivity contribution >= 4 is 22.8 Å². The smallest absolute Gasteiger partial charge is 0.307 e. The van der Waals surface area contributed by atoms with Crippen LogP contribution in [0.15, 0.2) is 95.7 Å². The SMILES string of the molecule is C=C(C/C=C\C)/C(=C\C=C(/C)CCOC1C=CCC(C(=O)n2c(C)cc3c(CC(=O)O)cccc32)=CC1)CC. The third kappa shape index (κ3) is 8.14. The molecule has 1 aromatic heterocycles. The number of nitrogens with zero attached hydrogens (tertiary/aromatic N) is 1. The molecule has 1 atom stereocenters. The van der Waals surface area contributed by atoms with Gasteiger partial charge in [-0.1, -0.05) is 73.7 Å². The van der Waals surface area contributed by atoms with Gasteiger partial charge < -0.3 is 9.84 Å². The van der Waals surface area contributed by atoms with Crippen molar-refractivity contribution in [3.05, 3.63) is 107 Å². The van der Waals surface area contributed by atoms with Gasteiger partial charge in [0.1, 0.15) is 0 Å².